The summed E-state index contributed by atoms with van der Waals surface area (Å²) in [6, 6.07) is 6.18. The SMILES string of the molecule is CC(=O)Nc1ccc(S(=O)(=O)NCCCN2CCC(C)CC2)cc1. The summed E-state index contributed by atoms with van der Waals surface area (Å²) < 4.78 is 27.1. The van der Waals surface area contributed by atoms with Gasteiger partial charge in [0.2, 0.25) is 15.9 Å². The molecule has 24 heavy (non-hydrogen) atoms. The lowest BCUT2D eigenvalue weighted by atomic mass is 9.99. The van der Waals surface area contributed by atoms with Gasteiger partial charge in [-0.25, -0.2) is 13.1 Å². The predicted molar refractivity (Wildman–Crippen MR) is 95.4 cm³/mol. The van der Waals surface area contributed by atoms with Crippen LogP contribution in [0.3, 0.4) is 0 Å². The van der Waals surface area contributed by atoms with Gasteiger partial charge in [-0.2, -0.15) is 0 Å². The second kappa shape index (κ2) is 8.60. The molecule has 134 valence electrons. The van der Waals surface area contributed by atoms with Gasteiger partial charge in [0.25, 0.3) is 0 Å². The van der Waals surface area contributed by atoms with Gasteiger partial charge in [-0.3, -0.25) is 4.79 Å². The Bertz CT molecular complexity index is 636. The van der Waals surface area contributed by atoms with Crippen LogP contribution < -0.4 is 10.0 Å². The molecule has 1 aromatic carbocycles. The van der Waals surface area contributed by atoms with Gasteiger partial charge < -0.3 is 10.2 Å². The molecule has 1 aliphatic rings. The minimum absolute atomic E-state index is 0.184. The molecule has 2 N–H and O–H groups in total. The second-order valence-electron chi connectivity index (χ2n) is 6.48. The number of hydrogen-bond donors (Lipinski definition) is 2. The van der Waals surface area contributed by atoms with E-state index in [2.05, 4.69) is 21.9 Å². The van der Waals surface area contributed by atoms with Gasteiger partial charge in [0.05, 0.1) is 4.90 Å². The molecule has 0 unspecified atom stereocenters. The van der Waals surface area contributed by atoms with E-state index in [9.17, 15) is 13.2 Å². The molecule has 0 aromatic heterocycles. The number of rotatable bonds is 7. The first-order chi connectivity index (χ1) is 11.4. The summed E-state index contributed by atoms with van der Waals surface area (Å²) >= 11 is 0. The fraction of sp³-hybridized carbons (Fsp3) is 0.588. The molecule has 1 amide bonds. The highest BCUT2D eigenvalue weighted by molar-refractivity contribution is 7.89. The van der Waals surface area contributed by atoms with Gasteiger partial charge in [-0.15, -0.1) is 0 Å². The van der Waals surface area contributed by atoms with Crippen molar-refractivity contribution in [2.24, 2.45) is 5.92 Å². The Kier molecular flexibility index (Phi) is 6.77. The topological polar surface area (TPSA) is 78.5 Å². The summed E-state index contributed by atoms with van der Waals surface area (Å²) in [6.45, 7) is 7.27. The van der Waals surface area contributed by atoms with Crippen molar-refractivity contribution in [1.29, 1.82) is 0 Å². The van der Waals surface area contributed by atoms with E-state index in [1.54, 1.807) is 12.1 Å². The largest absolute Gasteiger partial charge is 0.326 e. The molecule has 0 aliphatic carbocycles. The van der Waals surface area contributed by atoms with Crippen molar-refractivity contribution in [2.75, 3.05) is 31.5 Å². The van der Waals surface area contributed by atoms with Crippen LogP contribution in [0.25, 0.3) is 0 Å². The third-order valence-corrected chi connectivity index (χ3v) is 5.78. The third kappa shape index (κ3) is 5.89. The zero-order chi connectivity index (χ0) is 17.6. The Morgan fingerprint density at radius 2 is 1.83 bits per heavy atom. The van der Waals surface area contributed by atoms with E-state index < -0.39 is 10.0 Å². The van der Waals surface area contributed by atoms with Gasteiger partial charge in [-0.1, -0.05) is 6.92 Å². The van der Waals surface area contributed by atoms with Crippen LogP contribution in [0.2, 0.25) is 0 Å². The summed E-state index contributed by atoms with van der Waals surface area (Å²) in [5, 5.41) is 2.62. The molecule has 1 aromatic rings. The number of anilines is 1. The Hall–Kier alpha value is -1.44. The van der Waals surface area contributed by atoms with E-state index in [0.717, 1.165) is 32.0 Å². The fourth-order valence-electron chi connectivity index (χ4n) is 2.80. The molecule has 2 rings (SSSR count). The lowest BCUT2D eigenvalue weighted by Gasteiger charge is -2.30. The van der Waals surface area contributed by atoms with Crippen LogP contribution in [0.5, 0.6) is 0 Å². The summed E-state index contributed by atoms with van der Waals surface area (Å²) in [7, 11) is -3.50. The van der Waals surface area contributed by atoms with E-state index in [1.807, 2.05) is 0 Å². The Balaban J connectivity index is 1.77. The molecule has 0 bridgehead atoms. The number of nitrogens with one attached hydrogen (secondary N) is 2. The molecule has 0 saturated carbocycles. The quantitative estimate of drug-likeness (QED) is 0.736. The first-order valence-corrected chi connectivity index (χ1v) is 9.95. The van der Waals surface area contributed by atoms with Crippen LogP contribution in [0, 0.1) is 5.92 Å². The smallest absolute Gasteiger partial charge is 0.240 e. The molecule has 1 heterocycles. The highest BCUT2D eigenvalue weighted by Gasteiger charge is 2.16. The molecule has 0 spiro atoms. The van der Waals surface area contributed by atoms with E-state index in [0.29, 0.717) is 12.2 Å². The van der Waals surface area contributed by atoms with Crippen molar-refractivity contribution in [1.82, 2.24) is 9.62 Å². The summed E-state index contributed by atoms with van der Waals surface area (Å²) in [6.07, 6.45) is 3.26. The average Bonchev–Trinajstić information content (AvgIpc) is 2.53. The number of benzene rings is 1. The minimum Gasteiger partial charge on any atom is -0.326 e. The molecule has 7 heteroatoms. The van der Waals surface area contributed by atoms with Crippen LogP contribution in [-0.4, -0.2) is 45.4 Å². The van der Waals surface area contributed by atoms with Crippen molar-refractivity contribution < 1.29 is 13.2 Å². The third-order valence-electron chi connectivity index (χ3n) is 4.30. The Morgan fingerprint density at radius 1 is 1.21 bits per heavy atom. The Labute approximate surface area is 144 Å². The second-order valence-corrected chi connectivity index (χ2v) is 8.25. The van der Waals surface area contributed by atoms with Crippen LogP contribution in [0.15, 0.2) is 29.2 Å². The van der Waals surface area contributed by atoms with Crippen molar-refractivity contribution in [3.63, 3.8) is 0 Å². The zero-order valence-electron chi connectivity index (χ0n) is 14.4. The first-order valence-electron chi connectivity index (χ1n) is 8.46. The minimum atomic E-state index is -3.50. The highest BCUT2D eigenvalue weighted by atomic mass is 32.2. The van der Waals surface area contributed by atoms with Gasteiger partial charge >= 0.3 is 0 Å². The lowest BCUT2D eigenvalue weighted by Crippen LogP contribution is -2.35. The number of piperidine rings is 1. The number of carbonyl (C=O) groups excluding carboxylic acids is 1. The van der Waals surface area contributed by atoms with Crippen LogP contribution in [-0.2, 0) is 14.8 Å². The maximum atomic E-state index is 12.2. The molecule has 0 atom stereocenters. The number of amides is 1. The van der Waals surface area contributed by atoms with Crippen molar-refractivity contribution in [3.05, 3.63) is 24.3 Å². The van der Waals surface area contributed by atoms with Crippen molar-refractivity contribution in [3.8, 4) is 0 Å². The molecule has 0 radical (unpaired) electrons. The molecular weight excluding hydrogens is 326 g/mol. The van der Waals surface area contributed by atoms with Crippen molar-refractivity contribution in [2.45, 2.75) is 38.0 Å². The van der Waals surface area contributed by atoms with Crippen LogP contribution in [0.4, 0.5) is 5.69 Å². The van der Waals surface area contributed by atoms with Gasteiger partial charge in [-0.05, 0) is 69.1 Å². The van der Waals surface area contributed by atoms with E-state index >= 15 is 0 Å². The zero-order valence-corrected chi connectivity index (χ0v) is 15.2. The summed E-state index contributed by atoms with van der Waals surface area (Å²) in [5.74, 6) is 0.621. The van der Waals surface area contributed by atoms with Gasteiger partial charge in [0.1, 0.15) is 0 Å². The molecular formula is C17H27N3O3S. The fourth-order valence-corrected chi connectivity index (χ4v) is 3.87. The van der Waals surface area contributed by atoms with E-state index in [4.69, 9.17) is 0 Å². The maximum absolute atomic E-state index is 12.2. The maximum Gasteiger partial charge on any atom is 0.240 e. The molecule has 1 aliphatic heterocycles. The number of sulfonamides is 1. The Morgan fingerprint density at radius 3 is 2.42 bits per heavy atom. The van der Waals surface area contributed by atoms with Gasteiger partial charge in [0, 0.05) is 19.2 Å². The van der Waals surface area contributed by atoms with Crippen LogP contribution >= 0.6 is 0 Å². The predicted octanol–water partition coefficient (Wildman–Crippen LogP) is 2.05. The van der Waals surface area contributed by atoms with Gasteiger partial charge in [0.15, 0.2) is 0 Å². The normalized spacial score (nSPS) is 16.9. The lowest BCUT2D eigenvalue weighted by molar-refractivity contribution is -0.114. The molecule has 6 nitrogen and oxygen atoms in total. The number of hydrogen-bond acceptors (Lipinski definition) is 4. The van der Waals surface area contributed by atoms with Crippen molar-refractivity contribution >= 4 is 21.6 Å². The molecule has 1 saturated heterocycles. The monoisotopic (exact) mass is 353 g/mol. The number of carbonyl (C=O) groups is 1. The highest BCUT2D eigenvalue weighted by Crippen LogP contribution is 2.16. The first kappa shape index (κ1) is 18.9. The standard InChI is InChI=1S/C17H27N3O3S/c1-14-8-12-20(13-9-14)11-3-10-18-24(22,23)17-6-4-16(5-7-17)19-15(2)21/h4-7,14,18H,3,8-13H2,1-2H3,(H,19,21). The molecule has 1 fully saturated rings. The van der Waals surface area contributed by atoms with E-state index in [-0.39, 0.29) is 10.8 Å². The average molecular weight is 353 g/mol. The number of likely N-dealkylation sites (tertiary alicyclic amines) is 1. The summed E-state index contributed by atoms with van der Waals surface area (Å²) in [5.41, 5.74) is 0.584. The number of nitrogens with zero attached hydrogens (tertiary/aromatic N) is 1. The van der Waals surface area contributed by atoms with E-state index in [1.165, 1.54) is 31.9 Å². The van der Waals surface area contributed by atoms with Crippen LogP contribution in [0.1, 0.15) is 33.1 Å². The summed E-state index contributed by atoms with van der Waals surface area (Å²) in [4.78, 5) is 13.6.